The number of carbonyl (C=O) groups is 2. The topological polar surface area (TPSA) is 86.2 Å². The smallest absolute Gasteiger partial charge is 0.419 e. The second-order valence-electron chi connectivity index (χ2n) is 8.17. The minimum absolute atomic E-state index is 0.184. The molecule has 2 aromatic rings. The molecule has 1 N–H and O–H groups in total. The van der Waals surface area contributed by atoms with Crippen LogP contribution in [-0.4, -0.2) is 38.5 Å². The largest absolute Gasteiger partial charge is 0.496 e. The minimum atomic E-state index is -4.56. The normalized spacial score (nSPS) is 19.3. The molecule has 1 saturated heterocycles. The Labute approximate surface area is 199 Å². The SMILES string of the molecule is COC(=O)C1C(=O)NC2=NCC=C2C1c1ccc(COc2ccc(C)cc2C(F)(F)F)c(OC)c1. The number of nitrogens with zero attached hydrogens (tertiary/aromatic N) is 1. The van der Waals surface area contributed by atoms with Crippen LogP contribution in [0.25, 0.3) is 0 Å². The van der Waals surface area contributed by atoms with Crippen LogP contribution < -0.4 is 14.8 Å². The van der Waals surface area contributed by atoms with E-state index in [1.807, 2.05) is 6.08 Å². The Morgan fingerprint density at radius 1 is 1.14 bits per heavy atom. The van der Waals surface area contributed by atoms with E-state index in [-0.39, 0.29) is 12.4 Å². The van der Waals surface area contributed by atoms with Gasteiger partial charge in [-0.2, -0.15) is 13.2 Å². The second-order valence-corrected chi connectivity index (χ2v) is 8.17. The van der Waals surface area contributed by atoms with E-state index in [1.165, 1.54) is 20.3 Å². The number of aryl methyl sites for hydroxylation is 1. The van der Waals surface area contributed by atoms with Crippen LogP contribution in [0.1, 0.15) is 28.2 Å². The van der Waals surface area contributed by atoms with Crippen molar-refractivity contribution in [1.82, 2.24) is 5.32 Å². The number of amidine groups is 1. The Balaban J connectivity index is 1.65. The Morgan fingerprint density at radius 2 is 1.91 bits per heavy atom. The summed E-state index contributed by atoms with van der Waals surface area (Å²) in [5.41, 5.74) is 1.40. The van der Waals surface area contributed by atoms with Gasteiger partial charge in [0.15, 0.2) is 0 Å². The Kier molecular flexibility index (Phi) is 6.56. The molecule has 0 aliphatic carbocycles. The van der Waals surface area contributed by atoms with Crippen molar-refractivity contribution >= 4 is 17.7 Å². The molecule has 0 aromatic heterocycles. The van der Waals surface area contributed by atoms with Gasteiger partial charge in [0.05, 0.1) is 26.3 Å². The molecule has 0 spiro atoms. The van der Waals surface area contributed by atoms with E-state index in [0.29, 0.717) is 40.4 Å². The quantitative estimate of drug-likeness (QED) is 0.492. The number of ether oxygens (including phenoxy) is 3. The molecule has 0 bridgehead atoms. The van der Waals surface area contributed by atoms with E-state index in [9.17, 15) is 22.8 Å². The van der Waals surface area contributed by atoms with Crippen molar-refractivity contribution in [2.45, 2.75) is 25.6 Å². The highest BCUT2D eigenvalue weighted by molar-refractivity contribution is 6.18. The molecule has 184 valence electrons. The van der Waals surface area contributed by atoms with Crippen LogP contribution in [0.15, 0.2) is 53.0 Å². The molecule has 2 heterocycles. The number of carbonyl (C=O) groups excluding carboxylic acids is 2. The minimum Gasteiger partial charge on any atom is -0.496 e. The summed E-state index contributed by atoms with van der Waals surface area (Å²) in [6, 6.07) is 8.84. The molecule has 1 amide bonds. The maximum atomic E-state index is 13.4. The third-order valence-corrected chi connectivity index (χ3v) is 5.98. The third-order valence-electron chi connectivity index (χ3n) is 5.98. The molecule has 0 radical (unpaired) electrons. The van der Waals surface area contributed by atoms with Gasteiger partial charge in [0.1, 0.15) is 29.9 Å². The number of halogens is 3. The Bertz CT molecular complexity index is 1240. The summed E-state index contributed by atoms with van der Waals surface area (Å²) in [6.45, 7) is 1.76. The van der Waals surface area contributed by atoms with Crippen molar-refractivity contribution in [3.8, 4) is 11.5 Å². The zero-order chi connectivity index (χ0) is 25.3. The number of esters is 1. The first-order valence-corrected chi connectivity index (χ1v) is 10.7. The number of rotatable bonds is 6. The fraction of sp³-hybridized carbons (Fsp3) is 0.320. The summed E-state index contributed by atoms with van der Waals surface area (Å²) in [6.07, 6.45) is -2.73. The van der Waals surface area contributed by atoms with Gasteiger partial charge in [-0.05, 0) is 30.7 Å². The van der Waals surface area contributed by atoms with Crippen molar-refractivity contribution in [1.29, 1.82) is 0 Å². The average molecular weight is 488 g/mol. The zero-order valence-corrected chi connectivity index (χ0v) is 19.2. The van der Waals surface area contributed by atoms with Crippen molar-refractivity contribution in [3.05, 3.63) is 70.3 Å². The van der Waals surface area contributed by atoms with Crippen LogP contribution in [0.2, 0.25) is 0 Å². The lowest BCUT2D eigenvalue weighted by Crippen LogP contribution is -2.49. The van der Waals surface area contributed by atoms with Gasteiger partial charge in [-0.15, -0.1) is 0 Å². The molecule has 0 saturated carbocycles. The van der Waals surface area contributed by atoms with Crippen LogP contribution in [0.5, 0.6) is 11.5 Å². The first-order chi connectivity index (χ1) is 16.6. The number of methoxy groups -OCH3 is 2. The summed E-state index contributed by atoms with van der Waals surface area (Å²) in [7, 11) is 2.63. The summed E-state index contributed by atoms with van der Waals surface area (Å²) in [4.78, 5) is 29.4. The monoisotopic (exact) mass is 488 g/mol. The van der Waals surface area contributed by atoms with Crippen LogP contribution in [0.3, 0.4) is 0 Å². The summed E-state index contributed by atoms with van der Waals surface area (Å²) in [5, 5.41) is 2.64. The molecule has 35 heavy (non-hydrogen) atoms. The molecule has 4 rings (SSSR count). The Hall–Kier alpha value is -3.82. The first-order valence-electron chi connectivity index (χ1n) is 10.7. The molecule has 2 aliphatic rings. The molecule has 10 heteroatoms. The number of hydrogen-bond donors (Lipinski definition) is 1. The van der Waals surface area contributed by atoms with Gasteiger partial charge in [-0.3, -0.25) is 14.6 Å². The lowest BCUT2D eigenvalue weighted by molar-refractivity contribution is -0.150. The second kappa shape index (κ2) is 9.44. The van der Waals surface area contributed by atoms with Crippen molar-refractivity contribution < 1.29 is 37.0 Å². The zero-order valence-electron chi connectivity index (χ0n) is 19.2. The highest BCUT2D eigenvalue weighted by Crippen LogP contribution is 2.41. The standard InChI is InChI=1S/C25H23F3N2O5/c1-13-4-7-18(17(10-13)25(26,27)28)35-12-15-6-5-14(11-19(15)33-2)20-16-8-9-29-22(16)30-23(31)21(20)24(32)34-3/h4-8,10-11,20-21H,9,12H2,1-3H3,(H,29,30,31). The van der Waals surface area contributed by atoms with Gasteiger partial charge in [0.25, 0.3) is 0 Å². The van der Waals surface area contributed by atoms with Gasteiger partial charge >= 0.3 is 12.1 Å². The number of aliphatic imine (C=N–C) groups is 1. The molecule has 2 aliphatic heterocycles. The maximum Gasteiger partial charge on any atom is 0.419 e. The van der Waals surface area contributed by atoms with Gasteiger partial charge in [0.2, 0.25) is 5.91 Å². The van der Waals surface area contributed by atoms with E-state index in [2.05, 4.69) is 10.3 Å². The van der Waals surface area contributed by atoms with E-state index < -0.39 is 35.5 Å². The fourth-order valence-corrected chi connectivity index (χ4v) is 4.30. The predicted molar refractivity (Wildman–Crippen MR) is 120 cm³/mol. The summed E-state index contributed by atoms with van der Waals surface area (Å²) >= 11 is 0. The average Bonchev–Trinajstić information content (AvgIpc) is 3.29. The highest BCUT2D eigenvalue weighted by Gasteiger charge is 2.45. The maximum absolute atomic E-state index is 13.4. The summed E-state index contributed by atoms with van der Waals surface area (Å²) < 4.78 is 56.2. The van der Waals surface area contributed by atoms with Crippen LogP contribution in [0, 0.1) is 12.8 Å². The molecular formula is C25H23F3N2O5. The molecule has 2 aromatic carbocycles. The number of amides is 1. The number of benzene rings is 2. The van der Waals surface area contributed by atoms with Crippen LogP contribution >= 0.6 is 0 Å². The van der Waals surface area contributed by atoms with Gasteiger partial charge < -0.3 is 19.5 Å². The van der Waals surface area contributed by atoms with E-state index in [0.717, 1.165) is 6.07 Å². The molecule has 2 atom stereocenters. The van der Waals surface area contributed by atoms with Gasteiger partial charge in [-0.1, -0.05) is 29.8 Å². The van der Waals surface area contributed by atoms with Gasteiger partial charge in [0, 0.05) is 17.1 Å². The molecular weight excluding hydrogens is 465 g/mol. The summed E-state index contributed by atoms with van der Waals surface area (Å²) in [5.74, 6) is -2.54. The van der Waals surface area contributed by atoms with E-state index in [4.69, 9.17) is 14.2 Å². The Morgan fingerprint density at radius 3 is 2.60 bits per heavy atom. The number of alkyl halides is 3. The fourth-order valence-electron chi connectivity index (χ4n) is 4.30. The molecule has 2 unspecified atom stereocenters. The van der Waals surface area contributed by atoms with Crippen molar-refractivity contribution in [3.63, 3.8) is 0 Å². The number of hydrogen-bond acceptors (Lipinski definition) is 6. The van der Waals surface area contributed by atoms with Crippen LogP contribution in [-0.2, 0) is 27.1 Å². The molecule has 7 nitrogen and oxygen atoms in total. The third kappa shape index (κ3) is 4.73. The lowest BCUT2D eigenvalue weighted by Gasteiger charge is -2.32. The number of nitrogens with one attached hydrogen (secondary N) is 1. The van der Waals surface area contributed by atoms with E-state index >= 15 is 0 Å². The first kappa shape index (κ1) is 24.3. The predicted octanol–water partition coefficient (Wildman–Crippen LogP) is 3.94. The van der Waals surface area contributed by atoms with Crippen molar-refractivity contribution in [2.24, 2.45) is 10.9 Å². The lowest BCUT2D eigenvalue weighted by atomic mass is 9.76. The number of piperidine rings is 1. The van der Waals surface area contributed by atoms with E-state index in [1.54, 1.807) is 31.2 Å². The number of fused-ring (bicyclic) bond motifs is 1. The van der Waals surface area contributed by atoms with Gasteiger partial charge in [-0.25, -0.2) is 0 Å². The molecule has 1 fully saturated rings. The highest BCUT2D eigenvalue weighted by atomic mass is 19.4. The van der Waals surface area contributed by atoms with Crippen molar-refractivity contribution in [2.75, 3.05) is 20.8 Å². The van der Waals surface area contributed by atoms with Crippen LogP contribution in [0.4, 0.5) is 13.2 Å².